The number of rotatable bonds is 4. The van der Waals surface area contributed by atoms with Gasteiger partial charge in [-0.25, -0.2) is 4.68 Å². The third-order valence-electron chi connectivity index (χ3n) is 2.33. The first kappa shape index (κ1) is 11.3. The molecule has 0 saturated heterocycles. The molecular weight excluding hydrogens is 216 g/mol. The van der Waals surface area contributed by atoms with E-state index in [1.54, 1.807) is 24.7 Å². The van der Waals surface area contributed by atoms with Crippen LogP contribution in [0.1, 0.15) is 12.5 Å². The first-order chi connectivity index (χ1) is 8.29. The first-order valence-electron chi connectivity index (χ1n) is 5.49. The molecule has 0 amide bonds. The summed E-state index contributed by atoms with van der Waals surface area (Å²) in [7, 11) is 0. The maximum atomic E-state index is 11.8. The molecule has 0 spiro atoms. The van der Waals surface area contributed by atoms with Crippen LogP contribution in [0.15, 0.2) is 41.6 Å². The van der Waals surface area contributed by atoms with Crippen LogP contribution in [0, 0.1) is 0 Å². The minimum atomic E-state index is -0.111. The molecule has 0 aliphatic carbocycles. The summed E-state index contributed by atoms with van der Waals surface area (Å²) < 4.78 is 1.43. The van der Waals surface area contributed by atoms with Gasteiger partial charge >= 0.3 is 0 Å². The van der Waals surface area contributed by atoms with Crippen molar-refractivity contribution >= 4 is 5.69 Å². The molecule has 0 aromatic carbocycles. The van der Waals surface area contributed by atoms with Crippen molar-refractivity contribution in [3.05, 3.63) is 52.7 Å². The molecular formula is C12H14N4O. The number of aromatic nitrogens is 3. The van der Waals surface area contributed by atoms with Crippen molar-refractivity contribution in [1.82, 2.24) is 14.8 Å². The Bertz CT molecular complexity index is 536. The predicted molar refractivity (Wildman–Crippen MR) is 66.0 cm³/mol. The number of hydrogen-bond acceptors (Lipinski definition) is 4. The molecule has 17 heavy (non-hydrogen) atoms. The molecule has 0 saturated carbocycles. The first-order valence-corrected chi connectivity index (χ1v) is 5.49. The Kier molecular flexibility index (Phi) is 3.49. The zero-order chi connectivity index (χ0) is 12.1. The average Bonchev–Trinajstić information content (AvgIpc) is 2.34. The van der Waals surface area contributed by atoms with Crippen molar-refractivity contribution in [1.29, 1.82) is 0 Å². The quantitative estimate of drug-likeness (QED) is 0.855. The van der Waals surface area contributed by atoms with Crippen LogP contribution in [0.3, 0.4) is 0 Å². The normalized spacial score (nSPS) is 10.2. The molecule has 5 heteroatoms. The molecule has 0 bridgehead atoms. The smallest absolute Gasteiger partial charge is 0.269 e. The lowest BCUT2D eigenvalue weighted by atomic mass is 10.3. The maximum Gasteiger partial charge on any atom is 0.269 e. The molecule has 0 unspecified atom stereocenters. The van der Waals surface area contributed by atoms with Crippen LogP contribution in [-0.4, -0.2) is 21.3 Å². The van der Waals surface area contributed by atoms with Crippen LogP contribution in [-0.2, 0) is 6.54 Å². The number of pyridine rings is 1. The Labute approximate surface area is 99.1 Å². The van der Waals surface area contributed by atoms with Gasteiger partial charge in [-0.05, 0) is 24.6 Å². The molecule has 2 rings (SSSR count). The zero-order valence-corrected chi connectivity index (χ0v) is 9.63. The van der Waals surface area contributed by atoms with Crippen molar-refractivity contribution in [3.63, 3.8) is 0 Å². The molecule has 1 N–H and O–H groups in total. The van der Waals surface area contributed by atoms with E-state index in [-0.39, 0.29) is 5.56 Å². The lowest BCUT2D eigenvalue weighted by Gasteiger charge is -2.06. The van der Waals surface area contributed by atoms with E-state index in [2.05, 4.69) is 15.4 Å². The van der Waals surface area contributed by atoms with Gasteiger partial charge in [0, 0.05) is 25.0 Å². The highest BCUT2D eigenvalue weighted by molar-refractivity contribution is 5.38. The molecule has 2 aromatic rings. The second kappa shape index (κ2) is 5.25. The van der Waals surface area contributed by atoms with Gasteiger partial charge in [-0.2, -0.15) is 5.10 Å². The molecule has 0 radical (unpaired) electrons. The van der Waals surface area contributed by atoms with Crippen LogP contribution in [0.5, 0.6) is 0 Å². The summed E-state index contributed by atoms with van der Waals surface area (Å²) in [5.74, 6) is 0. The van der Waals surface area contributed by atoms with Gasteiger partial charge in [0.1, 0.15) is 0 Å². The SMILES string of the molecule is CCNc1cnn(Cc2ccncc2)c(=O)c1. The van der Waals surface area contributed by atoms with E-state index >= 15 is 0 Å². The fraction of sp³-hybridized carbons (Fsp3) is 0.250. The fourth-order valence-electron chi connectivity index (χ4n) is 1.51. The molecule has 88 valence electrons. The lowest BCUT2D eigenvalue weighted by molar-refractivity contribution is 0.639. The summed E-state index contributed by atoms with van der Waals surface area (Å²) in [6.07, 6.45) is 5.06. The number of nitrogens with one attached hydrogen (secondary N) is 1. The second-order valence-electron chi connectivity index (χ2n) is 3.63. The van der Waals surface area contributed by atoms with Crippen LogP contribution < -0.4 is 10.9 Å². The van der Waals surface area contributed by atoms with E-state index in [1.165, 1.54) is 4.68 Å². The van der Waals surface area contributed by atoms with Gasteiger partial charge in [0.05, 0.1) is 18.4 Å². The summed E-state index contributed by atoms with van der Waals surface area (Å²) in [4.78, 5) is 15.7. The third kappa shape index (κ3) is 2.90. The largest absolute Gasteiger partial charge is 0.384 e. The van der Waals surface area contributed by atoms with Crippen molar-refractivity contribution in [2.24, 2.45) is 0 Å². The minimum absolute atomic E-state index is 0.111. The van der Waals surface area contributed by atoms with E-state index in [1.807, 2.05) is 19.1 Å². The Morgan fingerprint density at radius 3 is 2.76 bits per heavy atom. The van der Waals surface area contributed by atoms with Crippen LogP contribution >= 0.6 is 0 Å². The maximum absolute atomic E-state index is 11.8. The number of hydrogen-bond donors (Lipinski definition) is 1. The number of anilines is 1. The van der Waals surface area contributed by atoms with E-state index < -0.39 is 0 Å². The summed E-state index contributed by atoms with van der Waals surface area (Å²) in [6, 6.07) is 5.29. The van der Waals surface area contributed by atoms with Gasteiger partial charge in [-0.15, -0.1) is 0 Å². The average molecular weight is 230 g/mol. The van der Waals surface area contributed by atoms with Gasteiger partial charge in [0.15, 0.2) is 0 Å². The third-order valence-corrected chi connectivity index (χ3v) is 2.33. The van der Waals surface area contributed by atoms with E-state index in [0.717, 1.165) is 17.8 Å². The number of nitrogens with zero attached hydrogens (tertiary/aromatic N) is 3. The Morgan fingerprint density at radius 1 is 1.35 bits per heavy atom. The van der Waals surface area contributed by atoms with Crippen molar-refractivity contribution in [2.45, 2.75) is 13.5 Å². The van der Waals surface area contributed by atoms with Crippen LogP contribution in [0.4, 0.5) is 5.69 Å². The van der Waals surface area contributed by atoms with Gasteiger partial charge in [0.2, 0.25) is 0 Å². The molecule has 0 fully saturated rings. The van der Waals surface area contributed by atoms with Crippen molar-refractivity contribution in [3.8, 4) is 0 Å². The van der Waals surface area contributed by atoms with E-state index in [4.69, 9.17) is 0 Å². The fourth-order valence-corrected chi connectivity index (χ4v) is 1.51. The Morgan fingerprint density at radius 2 is 2.12 bits per heavy atom. The lowest BCUT2D eigenvalue weighted by Crippen LogP contribution is -2.23. The Hall–Kier alpha value is -2.17. The van der Waals surface area contributed by atoms with Crippen LogP contribution in [0.2, 0.25) is 0 Å². The van der Waals surface area contributed by atoms with E-state index in [9.17, 15) is 4.79 Å². The summed E-state index contributed by atoms with van der Waals surface area (Å²) in [5, 5.41) is 7.17. The molecule has 0 aliphatic heterocycles. The van der Waals surface area contributed by atoms with Gasteiger partial charge in [-0.3, -0.25) is 9.78 Å². The van der Waals surface area contributed by atoms with Crippen molar-refractivity contribution < 1.29 is 0 Å². The summed E-state index contributed by atoms with van der Waals surface area (Å²) >= 11 is 0. The highest BCUT2D eigenvalue weighted by Gasteiger charge is 2.00. The summed E-state index contributed by atoms with van der Waals surface area (Å²) in [6.45, 7) is 3.21. The van der Waals surface area contributed by atoms with Gasteiger partial charge in [0.25, 0.3) is 5.56 Å². The monoisotopic (exact) mass is 230 g/mol. The molecule has 0 aliphatic rings. The molecule has 5 nitrogen and oxygen atoms in total. The summed E-state index contributed by atoms with van der Waals surface area (Å²) in [5.41, 5.74) is 1.65. The highest BCUT2D eigenvalue weighted by atomic mass is 16.1. The van der Waals surface area contributed by atoms with Crippen LogP contribution in [0.25, 0.3) is 0 Å². The Balaban J connectivity index is 2.20. The van der Waals surface area contributed by atoms with E-state index in [0.29, 0.717) is 6.54 Å². The van der Waals surface area contributed by atoms with Crippen molar-refractivity contribution in [2.75, 3.05) is 11.9 Å². The zero-order valence-electron chi connectivity index (χ0n) is 9.63. The van der Waals surface area contributed by atoms with Gasteiger partial charge in [-0.1, -0.05) is 0 Å². The van der Waals surface area contributed by atoms with Gasteiger partial charge < -0.3 is 5.32 Å². The standard InChI is InChI=1S/C12H14N4O/c1-2-14-11-7-12(17)16(15-8-11)9-10-3-5-13-6-4-10/h3-8,14H,2,9H2,1H3. The highest BCUT2D eigenvalue weighted by Crippen LogP contribution is 2.01. The predicted octanol–water partition coefficient (Wildman–Crippen LogP) is 1.12. The topological polar surface area (TPSA) is 59.8 Å². The minimum Gasteiger partial charge on any atom is -0.384 e. The molecule has 2 heterocycles. The molecule has 2 aromatic heterocycles. The molecule has 0 atom stereocenters. The second-order valence-corrected chi connectivity index (χ2v) is 3.63.